The number of hydrogen-bond acceptors (Lipinski definition) is 3. The summed E-state index contributed by atoms with van der Waals surface area (Å²) in [6.45, 7) is 0. The predicted molar refractivity (Wildman–Crippen MR) is 66.8 cm³/mol. The lowest BCUT2D eigenvalue weighted by Crippen LogP contribution is -1.83. The second kappa shape index (κ2) is 4.93. The molecular weight excluding hydrogens is 240 g/mol. The summed E-state index contributed by atoms with van der Waals surface area (Å²) in [7, 11) is 0. The molecule has 0 aliphatic carbocycles. The Balaban J connectivity index is 2.52. The van der Waals surface area contributed by atoms with E-state index < -0.39 is 0 Å². The Labute approximate surface area is 102 Å². The highest BCUT2D eigenvalue weighted by atomic mass is 35.5. The Hall–Kier alpha value is -1.63. The van der Waals surface area contributed by atoms with Gasteiger partial charge in [-0.1, -0.05) is 41.9 Å². The van der Waals surface area contributed by atoms with Crippen molar-refractivity contribution in [1.29, 1.82) is 5.26 Å². The third-order valence-corrected chi connectivity index (χ3v) is 3.34. The van der Waals surface area contributed by atoms with Crippen LogP contribution in [0.5, 0.6) is 0 Å². The fraction of sp³-hybridized carbons (Fsp3) is 0. The molecular formula is C12H7ClN2S. The van der Waals surface area contributed by atoms with Crippen molar-refractivity contribution in [2.24, 2.45) is 0 Å². The molecule has 0 saturated carbocycles. The van der Waals surface area contributed by atoms with Gasteiger partial charge in [-0.3, -0.25) is 4.98 Å². The molecule has 16 heavy (non-hydrogen) atoms. The second-order valence-electron chi connectivity index (χ2n) is 3.03. The van der Waals surface area contributed by atoms with E-state index in [1.54, 1.807) is 11.7 Å². The van der Waals surface area contributed by atoms with Gasteiger partial charge in [0.1, 0.15) is 6.07 Å². The predicted octanol–water partition coefficient (Wildman–Crippen LogP) is 3.77. The van der Waals surface area contributed by atoms with E-state index >= 15 is 0 Å². The number of nitrogens with zero attached hydrogens (tertiary/aromatic N) is 2. The molecule has 1 heterocycles. The minimum Gasteiger partial charge on any atom is -0.252 e. The van der Waals surface area contributed by atoms with Gasteiger partial charge in [-0.05, 0) is 5.56 Å². The van der Waals surface area contributed by atoms with Crippen LogP contribution in [0.15, 0.2) is 42.0 Å². The molecule has 0 unspecified atom stereocenters. The molecule has 0 aliphatic heterocycles. The zero-order chi connectivity index (χ0) is 11.4. The highest BCUT2D eigenvalue weighted by Gasteiger charge is 2.09. The smallest absolute Gasteiger partial charge is 0.101 e. The van der Waals surface area contributed by atoms with Crippen molar-refractivity contribution in [3.05, 3.63) is 52.5 Å². The van der Waals surface area contributed by atoms with Crippen LogP contribution >= 0.6 is 22.9 Å². The lowest BCUT2D eigenvalue weighted by Gasteiger charge is -2.01. The first-order valence-corrected chi connectivity index (χ1v) is 5.83. The largest absolute Gasteiger partial charge is 0.252 e. The van der Waals surface area contributed by atoms with Crippen molar-refractivity contribution >= 4 is 33.5 Å². The summed E-state index contributed by atoms with van der Waals surface area (Å²) in [4.78, 5) is 4.75. The first-order chi connectivity index (χ1) is 7.83. The van der Waals surface area contributed by atoms with E-state index in [-0.39, 0.29) is 0 Å². The zero-order valence-electron chi connectivity index (χ0n) is 8.22. The fourth-order valence-corrected chi connectivity index (χ4v) is 2.19. The summed E-state index contributed by atoms with van der Waals surface area (Å²) in [6.07, 6.45) is 1.66. The topological polar surface area (TPSA) is 36.7 Å². The van der Waals surface area contributed by atoms with E-state index in [2.05, 4.69) is 11.1 Å². The van der Waals surface area contributed by atoms with Crippen molar-refractivity contribution in [2.45, 2.75) is 0 Å². The molecule has 0 bridgehead atoms. The van der Waals surface area contributed by atoms with Crippen LogP contribution in [0.2, 0.25) is 0 Å². The molecule has 0 amide bonds. The quantitative estimate of drug-likeness (QED) is 0.757. The van der Waals surface area contributed by atoms with E-state index in [0.717, 1.165) is 10.4 Å². The van der Waals surface area contributed by atoms with Crippen LogP contribution in [0, 0.1) is 11.3 Å². The van der Waals surface area contributed by atoms with Crippen molar-refractivity contribution in [1.82, 2.24) is 4.98 Å². The van der Waals surface area contributed by atoms with Crippen LogP contribution in [0.4, 0.5) is 0 Å². The maximum Gasteiger partial charge on any atom is 0.101 e. The zero-order valence-corrected chi connectivity index (χ0v) is 9.79. The van der Waals surface area contributed by atoms with Gasteiger partial charge in [-0.15, -0.1) is 11.3 Å². The van der Waals surface area contributed by atoms with Crippen LogP contribution in [0.25, 0.3) is 10.6 Å². The number of rotatable bonds is 2. The van der Waals surface area contributed by atoms with Gasteiger partial charge in [0.2, 0.25) is 0 Å². The number of halogens is 1. The fourth-order valence-electron chi connectivity index (χ4n) is 1.29. The van der Waals surface area contributed by atoms with Gasteiger partial charge in [-0.25, -0.2) is 0 Å². The molecule has 0 radical (unpaired) electrons. The van der Waals surface area contributed by atoms with Gasteiger partial charge in [0.15, 0.2) is 0 Å². The lowest BCUT2D eigenvalue weighted by molar-refractivity contribution is 1.42. The molecule has 0 fully saturated rings. The van der Waals surface area contributed by atoms with Gasteiger partial charge in [0.25, 0.3) is 0 Å². The molecule has 0 spiro atoms. The van der Waals surface area contributed by atoms with E-state index in [1.807, 2.05) is 30.3 Å². The molecule has 0 saturated heterocycles. The van der Waals surface area contributed by atoms with Crippen LogP contribution in [-0.2, 0) is 0 Å². The van der Waals surface area contributed by atoms with Crippen LogP contribution in [-0.4, -0.2) is 4.98 Å². The standard InChI is InChI=1S/C12H7ClN2S/c13-12(11-7-15-8-16-11)10(6-14)9-4-2-1-3-5-9/h1-5,7-8H/b12-10-. The molecule has 0 atom stereocenters. The summed E-state index contributed by atoms with van der Waals surface area (Å²) in [6, 6.07) is 11.5. The molecule has 2 aromatic rings. The number of hydrogen-bond donors (Lipinski definition) is 0. The number of thiazole rings is 1. The van der Waals surface area contributed by atoms with Crippen LogP contribution in [0.3, 0.4) is 0 Å². The van der Waals surface area contributed by atoms with Crippen molar-refractivity contribution in [3.8, 4) is 6.07 Å². The minimum absolute atomic E-state index is 0.455. The van der Waals surface area contributed by atoms with Gasteiger partial charge in [-0.2, -0.15) is 5.26 Å². The van der Waals surface area contributed by atoms with Crippen molar-refractivity contribution < 1.29 is 0 Å². The number of nitriles is 1. The average molecular weight is 247 g/mol. The molecule has 2 rings (SSSR count). The van der Waals surface area contributed by atoms with E-state index in [9.17, 15) is 0 Å². The van der Waals surface area contributed by atoms with Crippen LogP contribution in [0.1, 0.15) is 10.4 Å². The number of allylic oxidation sites excluding steroid dienone is 1. The Morgan fingerprint density at radius 1 is 1.31 bits per heavy atom. The first-order valence-electron chi connectivity index (χ1n) is 4.57. The monoisotopic (exact) mass is 246 g/mol. The number of benzene rings is 1. The summed E-state index contributed by atoms with van der Waals surface area (Å²) >= 11 is 7.59. The average Bonchev–Trinajstić information content (AvgIpc) is 2.85. The van der Waals surface area contributed by atoms with Crippen LogP contribution < -0.4 is 0 Å². The highest BCUT2D eigenvalue weighted by Crippen LogP contribution is 2.30. The van der Waals surface area contributed by atoms with Gasteiger partial charge < -0.3 is 0 Å². The van der Waals surface area contributed by atoms with E-state index in [4.69, 9.17) is 16.9 Å². The molecule has 2 nitrogen and oxygen atoms in total. The molecule has 1 aromatic heterocycles. The van der Waals surface area contributed by atoms with E-state index in [0.29, 0.717) is 10.6 Å². The molecule has 1 aromatic carbocycles. The third kappa shape index (κ3) is 2.13. The summed E-state index contributed by atoms with van der Waals surface area (Å²) in [5.41, 5.74) is 2.99. The van der Waals surface area contributed by atoms with E-state index in [1.165, 1.54) is 11.3 Å². The summed E-state index contributed by atoms with van der Waals surface area (Å²) in [5.74, 6) is 0. The first kappa shape index (κ1) is 10.9. The Morgan fingerprint density at radius 3 is 2.62 bits per heavy atom. The Kier molecular flexibility index (Phi) is 3.35. The lowest BCUT2D eigenvalue weighted by atomic mass is 10.1. The summed E-state index contributed by atoms with van der Waals surface area (Å²) in [5, 5.41) is 9.60. The van der Waals surface area contributed by atoms with Gasteiger partial charge in [0, 0.05) is 6.20 Å². The molecule has 0 N–H and O–H groups in total. The highest BCUT2D eigenvalue weighted by molar-refractivity contribution is 7.11. The third-order valence-electron chi connectivity index (χ3n) is 2.04. The van der Waals surface area contributed by atoms with Gasteiger partial charge >= 0.3 is 0 Å². The minimum atomic E-state index is 0.455. The molecule has 78 valence electrons. The summed E-state index contributed by atoms with van der Waals surface area (Å²) < 4.78 is 0. The Morgan fingerprint density at radius 2 is 2.06 bits per heavy atom. The second-order valence-corrected chi connectivity index (χ2v) is 4.30. The molecule has 0 aliphatic rings. The van der Waals surface area contributed by atoms with Crippen molar-refractivity contribution in [3.63, 3.8) is 0 Å². The molecule has 4 heteroatoms. The normalized spacial score (nSPS) is 11.8. The van der Waals surface area contributed by atoms with Gasteiger partial charge in [0.05, 0.1) is 21.0 Å². The van der Waals surface area contributed by atoms with Crippen molar-refractivity contribution in [2.75, 3.05) is 0 Å². The Bertz CT molecular complexity index is 538. The number of aromatic nitrogens is 1. The SMILES string of the molecule is N#C/C(=C(/Cl)c1cncs1)c1ccccc1. The maximum atomic E-state index is 9.14. The maximum absolute atomic E-state index is 9.14.